The van der Waals surface area contributed by atoms with Crippen LogP contribution in [0.15, 0.2) is 47.4 Å². The number of hydrogen-bond donors (Lipinski definition) is 2. The predicted molar refractivity (Wildman–Crippen MR) is 102 cm³/mol. The molecular formula is C18H21ClN2O4S. The fraction of sp³-hybridized carbons (Fsp3) is 0.278. The lowest BCUT2D eigenvalue weighted by molar-refractivity contribution is -0.118. The highest BCUT2D eigenvalue weighted by molar-refractivity contribution is 7.89. The van der Waals surface area contributed by atoms with Gasteiger partial charge in [0.1, 0.15) is 5.75 Å². The number of aryl methyl sites for hydroxylation is 1. The van der Waals surface area contributed by atoms with Crippen LogP contribution in [0.25, 0.3) is 0 Å². The Hall–Kier alpha value is -2.09. The van der Waals surface area contributed by atoms with Crippen LogP contribution in [0, 0.1) is 6.92 Å². The highest BCUT2D eigenvalue weighted by Gasteiger charge is 2.17. The molecule has 0 aliphatic carbocycles. The van der Waals surface area contributed by atoms with Gasteiger partial charge < -0.3 is 10.1 Å². The van der Waals surface area contributed by atoms with E-state index in [1.54, 1.807) is 26.0 Å². The summed E-state index contributed by atoms with van der Waals surface area (Å²) in [5.74, 6) is -0.114. The molecule has 0 radical (unpaired) electrons. The van der Waals surface area contributed by atoms with E-state index in [4.69, 9.17) is 16.3 Å². The van der Waals surface area contributed by atoms with Gasteiger partial charge in [0, 0.05) is 11.7 Å². The van der Waals surface area contributed by atoms with Gasteiger partial charge in [0.15, 0.2) is 6.61 Å². The first-order valence-corrected chi connectivity index (χ1v) is 9.84. The Morgan fingerprint density at radius 3 is 2.38 bits per heavy atom. The first-order chi connectivity index (χ1) is 12.2. The molecule has 0 atom stereocenters. The lowest BCUT2D eigenvalue weighted by Crippen LogP contribution is -2.30. The normalized spacial score (nSPS) is 11.4. The van der Waals surface area contributed by atoms with Crippen molar-refractivity contribution in [3.8, 4) is 5.75 Å². The van der Waals surface area contributed by atoms with Crippen LogP contribution in [0.4, 0.5) is 5.69 Å². The predicted octanol–water partition coefficient (Wildman–Crippen LogP) is 3.35. The number of benzene rings is 2. The number of rotatable bonds is 7. The zero-order valence-corrected chi connectivity index (χ0v) is 16.3. The number of anilines is 1. The minimum absolute atomic E-state index is 0.0349. The topological polar surface area (TPSA) is 84.5 Å². The van der Waals surface area contributed by atoms with Crippen LogP contribution in [-0.4, -0.2) is 27.0 Å². The molecule has 0 saturated heterocycles. The van der Waals surface area contributed by atoms with Crippen molar-refractivity contribution in [3.05, 3.63) is 53.1 Å². The molecule has 0 aliphatic heterocycles. The number of ether oxygens (including phenoxy) is 1. The number of carbonyl (C=O) groups is 1. The number of hydrogen-bond acceptors (Lipinski definition) is 4. The van der Waals surface area contributed by atoms with Crippen LogP contribution in [0.1, 0.15) is 19.4 Å². The van der Waals surface area contributed by atoms with E-state index in [1.807, 2.05) is 19.1 Å². The Kier molecular flexibility index (Phi) is 6.63. The van der Waals surface area contributed by atoms with E-state index in [1.165, 1.54) is 18.2 Å². The van der Waals surface area contributed by atoms with Crippen LogP contribution < -0.4 is 14.8 Å². The van der Waals surface area contributed by atoms with E-state index in [-0.39, 0.29) is 34.2 Å². The number of nitrogens with one attached hydrogen (secondary N) is 2. The third-order valence-corrected chi connectivity index (χ3v) is 5.25. The molecule has 0 unspecified atom stereocenters. The molecule has 0 bridgehead atoms. The zero-order chi connectivity index (χ0) is 19.3. The maximum absolute atomic E-state index is 12.1. The lowest BCUT2D eigenvalue weighted by atomic mass is 10.2. The summed E-state index contributed by atoms with van der Waals surface area (Å²) in [7, 11) is -3.64. The molecule has 2 rings (SSSR count). The first-order valence-electron chi connectivity index (χ1n) is 7.98. The standard InChI is InChI=1S/C18H21ClN2O4S/c1-12(2)21-26(23,24)15-8-9-17(16(19)10-15)25-11-18(22)20-14-6-4-13(3)5-7-14/h4-10,12,21H,11H2,1-3H3,(H,20,22). The second-order valence-corrected chi connectivity index (χ2v) is 8.19. The van der Waals surface area contributed by atoms with Gasteiger partial charge in [-0.25, -0.2) is 13.1 Å². The van der Waals surface area contributed by atoms with Crippen LogP contribution in [0.3, 0.4) is 0 Å². The summed E-state index contributed by atoms with van der Waals surface area (Å²) in [4.78, 5) is 12.0. The molecule has 0 aliphatic rings. The summed E-state index contributed by atoms with van der Waals surface area (Å²) in [6, 6.07) is 11.2. The molecule has 0 saturated carbocycles. The second-order valence-electron chi connectivity index (χ2n) is 6.07. The van der Waals surface area contributed by atoms with Crippen molar-refractivity contribution in [3.63, 3.8) is 0 Å². The largest absolute Gasteiger partial charge is 0.482 e. The smallest absolute Gasteiger partial charge is 0.262 e. The molecule has 140 valence electrons. The van der Waals surface area contributed by atoms with E-state index in [0.717, 1.165) is 5.56 Å². The minimum Gasteiger partial charge on any atom is -0.482 e. The Morgan fingerprint density at radius 1 is 1.15 bits per heavy atom. The maximum Gasteiger partial charge on any atom is 0.262 e. The molecule has 26 heavy (non-hydrogen) atoms. The van der Waals surface area contributed by atoms with Crippen LogP contribution in [-0.2, 0) is 14.8 Å². The van der Waals surface area contributed by atoms with Crippen LogP contribution in [0.5, 0.6) is 5.75 Å². The van der Waals surface area contributed by atoms with Crippen molar-refractivity contribution in [1.82, 2.24) is 4.72 Å². The SMILES string of the molecule is Cc1ccc(NC(=O)COc2ccc(S(=O)(=O)NC(C)C)cc2Cl)cc1. The Morgan fingerprint density at radius 2 is 1.81 bits per heavy atom. The Labute approximate surface area is 158 Å². The lowest BCUT2D eigenvalue weighted by Gasteiger charge is -2.12. The van der Waals surface area contributed by atoms with E-state index < -0.39 is 10.0 Å². The van der Waals surface area contributed by atoms with E-state index >= 15 is 0 Å². The summed E-state index contributed by atoms with van der Waals surface area (Å²) in [5.41, 5.74) is 1.75. The summed E-state index contributed by atoms with van der Waals surface area (Å²) >= 11 is 6.08. The molecule has 0 spiro atoms. The van der Waals surface area contributed by atoms with Gasteiger partial charge in [0.25, 0.3) is 5.91 Å². The minimum atomic E-state index is -3.64. The third kappa shape index (κ3) is 5.72. The van der Waals surface area contributed by atoms with Gasteiger partial charge in [-0.05, 0) is 51.1 Å². The molecule has 6 nitrogen and oxygen atoms in total. The monoisotopic (exact) mass is 396 g/mol. The van der Waals surface area contributed by atoms with Crippen molar-refractivity contribution in [2.75, 3.05) is 11.9 Å². The van der Waals surface area contributed by atoms with Gasteiger partial charge in [-0.1, -0.05) is 29.3 Å². The maximum atomic E-state index is 12.1. The molecule has 2 N–H and O–H groups in total. The zero-order valence-electron chi connectivity index (χ0n) is 14.7. The number of halogens is 1. The number of amides is 1. The number of sulfonamides is 1. The van der Waals surface area contributed by atoms with Gasteiger partial charge >= 0.3 is 0 Å². The van der Waals surface area contributed by atoms with Crippen molar-refractivity contribution < 1.29 is 17.9 Å². The fourth-order valence-electron chi connectivity index (χ4n) is 2.12. The van der Waals surface area contributed by atoms with Crippen molar-refractivity contribution in [1.29, 1.82) is 0 Å². The van der Waals surface area contributed by atoms with Gasteiger partial charge in [0.2, 0.25) is 10.0 Å². The summed E-state index contributed by atoms with van der Waals surface area (Å²) < 4.78 is 32.1. The third-order valence-electron chi connectivity index (χ3n) is 3.30. The molecule has 0 aromatic heterocycles. The van der Waals surface area contributed by atoms with Gasteiger partial charge in [-0.3, -0.25) is 4.79 Å². The van der Waals surface area contributed by atoms with E-state index in [2.05, 4.69) is 10.0 Å². The van der Waals surface area contributed by atoms with E-state index in [9.17, 15) is 13.2 Å². The number of carbonyl (C=O) groups excluding carboxylic acids is 1. The van der Waals surface area contributed by atoms with Gasteiger partial charge in [-0.2, -0.15) is 0 Å². The summed E-state index contributed by atoms with van der Waals surface area (Å²) in [5, 5.41) is 2.81. The van der Waals surface area contributed by atoms with Gasteiger partial charge in [-0.15, -0.1) is 0 Å². The quantitative estimate of drug-likeness (QED) is 0.751. The summed E-state index contributed by atoms with van der Waals surface area (Å²) in [6.07, 6.45) is 0. The van der Waals surface area contributed by atoms with E-state index in [0.29, 0.717) is 5.69 Å². The molecule has 2 aromatic rings. The van der Waals surface area contributed by atoms with Crippen LogP contribution in [0.2, 0.25) is 5.02 Å². The molecule has 2 aromatic carbocycles. The Bertz CT molecular complexity index is 881. The van der Waals surface area contributed by atoms with Crippen LogP contribution >= 0.6 is 11.6 Å². The average molecular weight is 397 g/mol. The van der Waals surface area contributed by atoms with Gasteiger partial charge in [0.05, 0.1) is 9.92 Å². The highest BCUT2D eigenvalue weighted by atomic mass is 35.5. The molecule has 8 heteroatoms. The van der Waals surface area contributed by atoms with Crippen molar-refractivity contribution in [2.45, 2.75) is 31.7 Å². The molecule has 1 amide bonds. The molecule has 0 fully saturated rings. The fourth-order valence-corrected chi connectivity index (χ4v) is 3.70. The van der Waals surface area contributed by atoms with Crippen molar-refractivity contribution >= 4 is 33.2 Å². The molecule has 0 heterocycles. The first kappa shape index (κ1) is 20.2. The Balaban J connectivity index is 1.99. The average Bonchev–Trinajstić information content (AvgIpc) is 2.54. The summed E-state index contributed by atoms with van der Waals surface area (Å²) in [6.45, 7) is 5.16. The molecular weight excluding hydrogens is 376 g/mol. The highest BCUT2D eigenvalue weighted by Crippen LogP contribution is 2.27. The second kappa shape index (κ2) is 8.53. The van der Waals surface area contributed by atoms with Crippen molar-refractivity contribution in [2.24, 2.45) is 0 Å².